The van der Waals surface area contributed by atoms with E-state index in [-0.39, 0.29) is 10.9 Å². The molecule has 6 nitrogen and oxygen atoms in total. The van der Waals surface area contributed by atoms with Gasteiger partial charge in [-0.3, -0.25) is 0 Å². The molecule has 2 aromatic rings. The molecule has 8 heteroatoms. The number of rotatable bonds is 6. The molecule has 0 spiro atoms. The highest BCUT2D eigenvalue weighted by Crippen LogP contribution is 2.28. The summed E-state index contributed by atoms with van der Waals surface area (Å²) in [5, 5.41) is 5.26. The molecule has 2 aromatic heterocycles. The van der Waals surface area contributed by atoms with E-state index < -0.39 is 9.84 Å². The molecule has 2 rings (SSSR count). The lowest BCUT2D eigenvalue weighted by atomic mass is 10.1. The minimum absolute atomic E-state index is 0.128. The predicted molar refractivity (Wildman–Crippen MR) is 93.9 cm³/mol. The van der Waals surface area contributed by atoms with Crippen LogP contribution < -0.4 is 5.32 Å². The van der Waals surface area contributed by atoms with Gasteiger partial charge in [0.25, 0.3) is 0 Å². The normalized spacial score (nSPS) is 13.3. The average Bonchev–Trinajstić information content (AvgIpc) is 2.83. The number of likely N-dealkylation sites (N-methyl/N-ethyl adjacent to an activating group) is 1. The fourth-order valence-electron chi connectivity index (χ4n) is 2.29. The molecule has 1 N–H and O–H groups in total. The first-order valence-corrected chi connectivity index (χ1v) is 9.95. The molecule has 23 heavy (non-hydrogen) atoms. The van der Waals surface area contributed by atoms with E-state index in [9.17, 15) is 8.42 Å². The van der Waals surface area contributed by atoms with Gasteiger partial charge in [-0.05, 0) is 45.0 Å². The standard InChI is InChI=1S/C15H22N4O2S2/c1-10-6-7-22-14(10)12(19(3)4)8-17-15-13(23(5,20)21)9-16-11(2)18-15/h6-7,9,12H,8H2,1-5H3,(H,16,17,18). The smallest absolute Gasteiger partial charge is 0.180 e. The van der Waals surface area contributed by atoms with E-state index in [0.717, 1.165) is 0 Å². The van der Waals surface area contributed by atoms with E-state index in [4.69, 9.17) is 0 Å². The third-order valence-electron chi connectivity index (χ3n) is 3.57. The molecule has 1 atom stereocenters. The molecule has 0 saturated carbocycles. The van der Waals surface area contributed by atoms with Crippen LogP contribution in [0.3, 0.4) is 0 Å². The van der Waals surface area contributed by atoms with Crippen molar-refractivity contribution in [3.8, 4) is 0 Å². The van der Waals surface area contributed by atoms with E-state index in [1.54, 1.807) is 18.3 Å². The van der Waals surface area contributed by atoms with Crippen molar-refractivity contribution in [2.75, 3.05) is 32.2 Å². The third-order valence-corrected chi connectivity index (χ3v) is 5.78. The predicted octanol–water partition coefficient (Wildman–Crippen LogP) is 2.27. The fraction of sp³-hybridized carbons (Fsp3) is 0.467. The second-order valence-electron chi connectivity index (χ2n) is 5.73. The Kier molecular flexibility index (Phi) is 5.38. The van der Waals surface area contributed by atoms with Gasteiger partial charge in [0.05, 0.1) is 12.2 Å². The van der Waals surface area contributed by atoms with Crippen LogP contribution in [0.1, 0.15) is 22.3 Å². The lowest BCUT2D eigenvalue weighted by molar-refractivity contribution is 0.315. The Bertz CT molecular complexity index is 785. The van der Waals surface area contributed by atoms with E-state index in [1.165, 1.54) is 22.9 Å². The maximum Gasteiger partial charge on any atom is 0.180 e. The van der Waals surface area contributed by atoms with Crippen LogP contribution in [0.2, 0.25) is 0 Å². The van der Waals surface area contributed by atoms with Crippen LogP contribution in [-0.2, 0) is 9.84 Å². The van der Waals surface area contributed by atoms with Crippen molar-refractivity contribution in [2.24, 2.45) is 0 Å². The molecule has 0 fully saturated rings. The first-order valence-electron chi connectivity index (χ1n) is 7.18. The topological polar surface area (TPSA) is 75.2 Å². The van der Waals surface area contributed by atoms with Gasteiger partial charge in [0.1, 0.15) is 16.5 Å². The molecule has 0 bridgehead atoms. The van der Waals surface area contributed by atoms with Crippen molar-refractivity contribution in [1.29, 1.82) is 0 Å². The van der Waals surface area contributed by atoms with Gasteiger partial charge in [0.2, 0.25) is 0 Å². The fourth-order valence-corrected chi connectivity index (χ4v) is 4.12. The number of nitrogens with one attached hydrogen (secondary N) is 1. The number of nitrogens with zero attached hydrogens (tertiary/aromatic N) is 3. The largest absolute Gasteiger partial charge is 0.367 e. The molecule has 0 aliphatic rings. The highest BCUT2D eigenvalue weighted by Gasteiger charge is 2.20. The first-order chi connectivity index (χ1) is 10.7. The molecule has 0 aromatic carbocycles. The number of aromatic nitrogens is 2. The van der Waals surface area contributed by atoms with Gasteiger partial charge < -0.3 is 10.2 Å². The molecule has 0 saturated heterocycles. The number of sulfone groups is 1. The molecular weight excluding hydrogens is 332 g/mol. The minimum Gasteiger partial charge on any atom is -0.367 e. The zero-order valence-corrected chi connectivity index (χ0v) is 15.6. The molecule has 0 amide bonds. The SMILES string of the molecule is Cc1ncc(S(C)(=O)=O)c(NCC(c2sccc2C)N(C)C)n1. The Labute approximate surface area is 141 Å². The van der Waals surface area contributed by atoms with Crippen molar-refractivity contribution in [1.82, 2.24) is 14.9 Å². The van der Waals surface area contributed by atoms with Gasteiger partial charge in [0, 0.05) is 17.7 Å². The molecule has 0 radical (unpaired) electrons. The van der Waals surface area contributed by atoms with E-state index in [1.807, 2.05) is 14.1 Å². The van der Waals surface area contributed by atoms with Crippen molar-refractivity contribution >= 4 is 27.0 Å². The first kappa shape index (κ1) is 17.8. The minimum atomic E-state index is -3.38. The summed E-state index contributed by atoms with van der Waals surface area (Å²) >= 11 is 1.70. The number of thiophene rings is 1. The van der Waals surface area contributed by atoms with Crippen LogP contribution in [0.15, 0.2) is 22.5 Å². The van der Waals surface area contributed by atoms with Gasteiger partial charge in [-0.15, -0.1) is 11.3 Å². The summed E-state index contributed by atoms with van der Waals surface area (Å²) in [6.45, 7) is 4.39. The summed E-state index contributed by atoms with van der Waals surface area (Å²) in [5.74, 6) is 0.898. The summed E-state index contributed by atoms with van der Waals surface area (Å²) in [6, 6.07) is 2.23. The third kappa shape index (κ3) is 4.27. The van der Waals surface area contributed by atoms with Crippen LogP contribution in [0.5, 0.6) is 0 Å². The van der Waals surface area contributed by atoms with Crippen LogP contribution in [0.4, 0.5) is 5.82 Å². The molecule has 126 valence electrons. The average molecular weight is 355 g/mol. The summed E-state index contributed by atoms with van der Waals surface area (Å²) < 4.78 is 23.8. The summed E-state index contributed by atoms with van der Waals surface area (Å²) in [5.41, 5.74) is 1.23. The quantitative estimate of drug-likeness (QED) is 0.858. The van der Waals surface area contributed by atoms with Crippen molar-refractivity contribution in [3.05, 3.63) is 33.9 Å². The Morgan fingerprint density at radius 2 is 2.04 bits per heavy atom. The highest BCUT2D eigenvalue weighted by molar-refractivity contribution is 7.90. The number of hydrogen-bond acceptors (Lipinski definition) is 7. The number of hydrogen-bond donors (Lipinski definition) is 1. The van der Waals surface area contributed by atoms with Crippen molar-refractivity contribution in [2.45, 2.75) is 24.8 Å². The van der Waals surface area contributed by atoms with Crippen molar-refractivity contribution in [3.63, 3.8) is 0 Å². The van der Waals surface area contributed by atoms with Gasteiger partial charge in [-0.1, -0.05) is 0 Å². The van der Waals surface area contributed by atoms with Crippen LogP contribution in [0.25, 0.3) is 0 Å². The van der Waals surface area contributed by atoms with E-state index in [2.05, 4.69) is 38.6 Å². The lowest BCUT2D eigenvalue weighted by Crippen LogP contribution is -2.27. The monoisotopic (exact) mass is 354 g/mol. The summed E-state index contributed by atoms with van der Waals surface area (Å²) in [7, 11) is 0.637. The Balaban J connectivity index is 2.29. The van der Waals surface area contributed by atoms with Crippen LogP contribution in [0, 0.1) is 13.8 Å². The van der Waals surface area contributed by atoms with Gasteiger partial charge in [-0.25, -0.2) is 18.4 Å². The highest BCUT2D eigenvalue weighted by atomic mass is 32.2. The van der Waals surface area contributed by atoms with E-state index in [0.29, 0.717) is 18.2 Å². The molecule has 1 unspecified atom stereocenters. The number of anilines is 1. The zero-order valence-electron chi connectivity index (χ0n) is 14.0. The van der Waals surface area contributed by atoms with Crippen molar-refractivity contribution < 1.29 is 8.42 Å². The maximum atomic E-state index is 11.9. The lowest BCUT2D eigenvalue weighted by Gasteiger charge is -2.25. The molecule has 2 heterocycles. The van der Waals surface area contributed by atoms with Gasteiger partial charge >= 0.3 is 0 Å². The second-order valence-corrected chi connectivity index (χ2v) is 8.66. The molecular formula is C15H22N4O2S2. The van der Waals surface area contributed by atoms with Crippen LogP contribution >= 0.6 is 11.3 Å². The van der Waals surface area contributed by atoms with Crippen LogP contribution in [-0.4, -0.2) is 50.2 Å². The number of aryl methyl sites for hydroxylation is 2. The van der Waals surface area contributed by atoms with E-state index >= 15 is 0 Å². The summed E-state index contributed by atoms with van der Waals surface area (Å²) in [4.78, 5) is 11.7. The summed E-state index contributed by atoms with van der Waals surface area (Å²) in [6.07, 6.45) is 2.53. The second kappa shape index (κ2) is 6.94. The Hall–Kier alpha value is -1.51. The maximum absolute atomic E-state index is 11.9. The Morgan fingerprint density at radius 3 is 2.57 bits per heavy atom. The Morgan fingerprint density at radius 1 is 1.35 bits per heavy atom. The zero-order chi connectivity index (χ0) is 17.2. The molecule has 0 aliphatic carbocycles. The van der Waals surface area contributed by atoms with Gasteiger partial charge in [-0.2, -0.15) is 0 Å². The molecule has 0 aliphatic heterocycles. The van der Waals surface area contributed by atoms with Gasteiger partial charge in [0.15, 0.2) is 9.84 Å².